The zero-order valence-electron chi connectivity index (χ0n) is 11.5. The smallest absolute Gasteiger partial charge is 0.290 e. The van der Waals surface area contributed by atoms with Gasteiger partial charge in [-0.25, -0.2) is 4.99 Å². The molecule has 1 N–H and O–H groups in total. The lowest BCUT2D eigenvalue weighted by Crippen LogP contribution is -2.23. The summed E-state index contributed by atoms with van der Waals surface area (Å²) in [7, 11) is 0. The molecule has 0 amide bonds. The van der Waals surface area contributed by atoms with E-state index in [1.165, 1.54) is 11.1 Å². The minimum atomic E-state index is 0.206. The number of anilines is 1. The van der Waals surface area contributed by atoms with Crippen molar-refractivity contribution in [1.82, 2.24) is 0 Å². The van der Waals surface area contributed by atoms with Crippen LogP contribution < -0.4 is 5.32 Å². The molecule has 106 valence electrons. The second-order valence-electron chi connectivity index (χ2n) is 5.37. The predicted octanol–water partition coefficient (Wildman–Crippen LogP) is 4.43. The number of ether oxygens (including phenoxy) is 1. The maximum Gasteiger partial charge on any atom is 0.290 e. The predicted molar refractivity (Wildman–Crippen MR) is 87.5 cm³/mol. The third kappa shape index (κ3) is 2.33. The Balaban J connectivity index is 1.62. The topological polar surface area (TPSA) is 33.6 Å². The van der Waals surface area contributed by atoms with Gasteiger partial charge in [0.05, 0.1) is 11.7 Å². The molecule has 2 aromatic rings. The number of aliphatic imine (C=N–C) groups is 1. The summed E-state index contributed by atoms with van der Waals surface area (Å²) in [5, 5.41) is 3.29. The van der Waals surface area contributed by atoms with Gasteiger partial charge < -0.3 is 10.1 Å². The summed E-state index contributed by atoms with van der Waals surface area (Å²) < 4.78 is 6.84. The van der Waals surface area contributed by atoms with E-state index in [1.807, 2.05) is 12.1 Å². The Morgan fingerprint density at radius 2 is 2.05 bits per heavy atom. The largest absolute Gasteiger partial charge is 0.460 e. The molecule has 1 aliphatic heterocycles. The maximum atomic E-state index is 5.77. The monoisotopic (exact) mass is 342 g/mol. The Hall–Kier alpha value is -1.81. The van der Waals surface area contributed by atoms with Gasteiger partial charge in [-0.15, -0.1) is 0 Å². The molecule has 0 fully saturated rings. The summed E-state index contributed by atoms with van der Waals surface area (Å²) >= 11 is 3.55. The molecule has 1 aliphatic carbocycles. The van der Waals surface area contributed by atoms with Crippen LogP contribution in [0, 0.1) is 0 Å². The lowest BCUT2D eigenvalue weighted by atomic mass is 10.1. The van der Waals surface area contributed by atoms with E-state index in [0.29, 0.717) is 12.6 Å². The van der Waals surface area contributed by atoms with Crippen LogP contribution in [0.2, 0.25) is 0 Å². The number of nitrogens with one attached hydrogen (secondary N) is 1. The zero-order chi connectivity index (χ0) is 14.2. The highest BCUT2D eigenvalue weighted by molar-refractivity contribution is 9.10. The summed E-state index contributed by atoms with van der Waals surface area (Å²) in [6.07, 6.45) is 2.15. The number of rotatable bonds is 1. The fourth-order valence-corrected chi connectivity index (χ4v) is 3.47. The van der Waals surface area contributed by atoms with E-state index in [9.17, 15) is 0 Å². The Morgan fingerprint density at radius 3 is 3.00 bits per heavy atom. The van der Waals surface area contributed by atoms with Crippen LogP contribution >= 0.6 is 15.9 Å². The first-order valence-corrected chi connectivity index (χ1v) is 7.93. The van der Waals surface area contributed by atoms with Crippen molar-refractivity contribution in [2.75, 3.05) is 5.32 Å². The van der Waals surface area contributed by atoms with Gasteiger partial charge in [0.2, 0.25) is 0 Å². The van der Waals surface area contributed by atoms with Crippen molar-refractivity contribution in [2.45, 2.75) is 25.5 Å². The second-order valence-corrected chi connectivity index (χ2v) is 6.22. The second kappa shape index (κ2) is 5.19. The van der Waals surface area contributed by atoms with Gasteiger partial charge in [-0.2, -0.15) is 0 Å². The molecule has 1 heterocycles. The van der Waals surface area contributed by atoms with Gasteiger partial charge in [-0.05, 0) is 36.1 Å². The molecule has 0 saturated heterocycles. The third-order valence-corrected chi connectivity index (χ3v) is 4.83. The molecule has 1 unspecified atom stereocenters. The van der Waals surface area contributed by atoms with E-state index in [-0.39, 0.29) is 6.04 Å². The van der Waals surface area contributed by atoms with E-state index in [0.717, 1.165) is 28.6 Å². The van der Waals surface area contributed by atoms with Crippen LogP contribution in [-0.2, 0) is 17.8 Å². The maximum absolute atomic E-state index is 5.77. The molecule has 21 heavy (non-hydrogen) atoms. The van der Waals surface area contributed by atoms with Crippen LogP contribution in [0.15, 0.2) is 51.9 Å². The number of hydrogen-bond donors (Lipinski definition) is 1. The number of aryl methyl sites for hydroxylation is 1. The molecule has 4 rings (SSSR count). The van der Waals surface area contributed by atoms with Gasteiger partial charge in [-0.1, -0.05) is 46.3 Å². The molecule has 3 nitrogen and oxygen atoms in total. The average molecular weight is 343 g/mol. The fraction of sp³-hybridized carbons (Fsp3) is 0.235. The number of benzene rings is 2. The van der Waals surface area contributed by atoms with Crippen LogP contribution in [-0.4, -0.2) is 6.02 Å². The lowest BCUT2D eigenvalue weighted by Gasteiger charge is -2.22. The molecule has 0 aromatic heterocycles. The minimum absolute atomic E-state index is 0.206. The number of hydrogen-bond acceptors (Lipinski definition) is 2. The molecule has 1 atom stereocenters. The quantitative estimate of drug-likeness (QED) is 0.831. The molecule has 0 bridgehead atoms. The van der Waals surface area contributed by atoms with Crippen molar-refractivity contribution in [3.8, 4) is 0 Å². The summed E-state index contributed by atoms with van der Waals surface area (Å²) in [5.74, 6) is 0. The van der Waals surface area contributed by atoms with E-state index >= 15 is 0 Å². The van der Waals surface area contributed by atoms with E-state index in [2.05, 4.69) is 51.6 Å². The van der Waals surface area contributed by atoms with Crippen molar-refractivity contribution >= 4 is 27.6 Å². The number of fused-ring (bicyclic) bond motifs is 2. The standard InChI is InChI=1S/C17H15BrN2O/c18-14-6-3-7-15-13(14)10-21-17(19-15)20-16-9-8-11-4-1-2-5-12(11)16/h1-7,16H,8-10H2,(H,19,20). The summed E-state index contributed by atoms with van der Waals surface area (Å²) in [6, 6.07) is 15.5. The van der Waals surface area contributed by atoms with E-state index in [4.69, 9.17) is 9.73 Å². The van der Waals surface area contributed by atoms with Gasteiger partial charge in [0, 0.05) is 10.0 Å². The molecule has 0 spiro atoms. The van der Waals surface area contributed by atoms with E-state index in [1.54, 1.807) is 0 Å². The molecular weight excluding hydrogens is 328 g/mol. The highest BCUT2D eigenvalue weighted by Crippen LogP contribution is 2.35. The average Bonchev–Trinajstić information content (AvgIpc) is 2.91. The number of nitrogens with zero attached hydrogens (tertiary/aromatic N) is 1. The van der Waals surface area contributed by atoms with Gasteiger partial charge in [-0.3, -0.25) is 0 Å². The first kappa shape index (κ1) is 12.9. The lowest BCUT2D eigenvalue weighted by molar-refractivity contribution is 0.281. The number of amidine groups is 1. The SMILES string of the molecule is Brc1cccc2c1COC(=NC1CCc3ccccc31)N2. The summed E-state index contributed by atoms with van der Waals surface area (Å²) in [6.45, 7) is 0.553. The van der Waals surface area contributed by atoms with E-state index < -0.39 is 0 Å². The van der Waals surface area contributed by atoms with Crippen LogP contribution in [0.3, 0.4) is 0 Å². The Morgan fingerprint density at radius 1 is 1.14 bits per heavy atom. The molecule has 4 heteroatoms. The van der Waals surface area contributed by atoms with Gasteiger partial charge in [0.15, 0.2) is 0 Å². The Kier molecular flexibility index (Phi) is 3.19. The van der Waals surface area contributed by atoms with Crippen LogP contribution in [0.25, 0.3) is 0 Å². The molecule has 2 aromatic carbocycles. The van der Waals surface area contributed by atoms with Crippen molar-refractivity contribution < 1.29 is 4.74 Å². The first-order valence-electron chi connectivity index (χ1n) is 7.14. The van der Waals surface area contributed by atoms with Gasteiger partial charge in [0.1, 0.15) is 6.61 Å². The third-order valence-electron chi connectivity index (χ3n) is 4.09. The molecule has 2 aliphatic rings. The summed E-state index contributed by atoms with van der Waals surface area (Å²) in [5.41, 5.74) is 4.95. The van der Waals surface area contributed by atoms with Crippen molar-refractivity contribution in [2.24, 2.45) is 4.99 Å². The fourth-order valence-electron chi connectivity index (χ4n) is 2.99. The zero-order valence-corrected chi connectivity index (χ0v) is 13.1. The number of halogens is 1. The summed E-state index contributed by atoms with van der Waals surface area (Å²) in [4.78, 5) is 4.77. The van der Waals surface area contributed by atoms with Crippen LogP contribution in [0.4, 0.5) is 5.69 Å². The Bertz CT molecular complexity index is 726. The molecule has 0 saturated carbocycles. The molecule has 0 radical (unpaired) electrons. The van der Waals surface area contributed by atoms with Gasteiger partial charge in [0.25, 0.3) is 6.02 Å². The molecular formula is C17H15BrN2O. The highest BCUT2D eigenvalue weighted by Gasteiger charge is 2.24. The highest BCUT2D eigenvalue weighted by atomic mass is 79.9. The van der Waals surface area contributed by atoms with Crippen molar-refractivity contribution in [3.05, 3.63) is 63.6 Å². The first-order chi connectivity index (χ1) is 10.3. The normalized spacial score (nSPS) is 21.4. The van der Waals surface area contributed by atoms with Crippen molar-refractivity contribution in [3.63, 3.8) is 0 Å². The Labute approximate surface area is 132 Å². The van der Waals surface area contributed by atoms with Crippen molar-refractivity contribution in [1.29, 1.82) is 0 Å². The van der Waals surface area contributed by atoms with Gasteiger partial charge >= 0.3 is 0 Å². The minimum Gasteiger partial charge on any atom is -0.460 e. The van der Waals surface area contributed by atoms with Crippen LogP contribution in [0.1, 0.15) is 29.2 Å². The van der Waals surface area contributed by atoms with Crippen LogP contribution in [0.5, 0.6) is 0 Å².